The minimum absolute atomic E-state index is 0.104. The predicted molar refractivity (Wildman–Crippen MR) is 117 cm³/mol. The van der Waals surface area contributed by atoms with E-state index in [9.17, 15) is 4.79 Å². The number of benzene rings is 2. The first-order valence-electron chi connectivity index (χ1n) is 9.34. The molecule has 0 bridgehead atoms. The number of amides is 2. The number of hydrogen-bond acceptors (Lipinski definition) is 5. The summed E-state index contributed by atoms with van der Waals surface area (Å²) in [6, 6.07) is 15.1. The lowest BCUT2D eigenvalue weighted by molar-refractivity contribution is 0.208. The molecule has 2 heterocycles. The molecule has 0 saturated carbocycles. The van der Waals surface area contributed by atoms with E-state index < -0.39 is 0 Å². The number of urea groups is 1. The molecule has 150 valence electrons. The van der Waals surface area contributed by atoms with Crippen LogP contribution < -0.4 is 15.0 Å². The summed E-state index contributed by atoms with van der Waals surface area (Å²) < 4.78 is 5.75. The van der Waals surface area contributed by atoms with Crippen molar-refractivity contribution in [1.29, 1.82) is 0 Å². The summed E-state index contributed by atoms with van der Waals surface area (Å²) in [5, 5.41) is 5.64. The summed E-state index contributed by atoms with van der Waals surface area (Å²) in [4.78, 5) is 20.9. The first-order chi connectivity index (χ1) is 14.2. The molecule has 2 amide bonds. The van der Waals surface area contributed by atoms with E-state index in [2.05, 4.69) is 15.2 Å². The van der Waals surface area contributed by atoms with E-state index in [0.29, 0.717) is 31.1 Å². The second-order valence-corrected chi connectivity index (χ2v) is 7.84. The Morgan fingerprint density at radius 2 is 1.97 bits per heavy atom. The number of ether oxygens (including phenoxy) is 1. The Bertz CT molecular complexity index is 959. The van der Waals surface area contributed by atoms with E-state index in [1.165, 1.54) is 11.3 Å². The molecule has 1 fully saturated rings. The minimum Gasteiger partial charge on any atom is -0.487 e. The molecule has 0 atom stereocenters. The van der Waals surface area contributed by atoms with Gasteiger partial charge in [0.25, 0.3) is 0 Å². The molecular weight excluding hydrogens is 408 g/mol. The van der Waals surface area contributed by atoms with Crippen molar-refractivity contribution in [2.75, 3.05) is 36.4 Å². The van der Waals surface area contributed by atoms with Crippen LogP contribution >= 0.6 is 22.9 Å². The lowest BCUT2D eigenvalue weighted by atomic mass is 10.2. The lowest BCUT2D eigenvalue weighted by Gasteiger charge is -2.36. The summed E-state index contributed by atoms with van der Waals surface area (Å²) in [5.74, 6) is 0.696. The average Bonchev–Trinajstić information content (AvgIpc) is 3.26. The van der Waals surface area contributed by atoms with Crippen molar-refractivity contribution >= 4 is 40.3 Å². The number of anilines is 2. The number of piperazine rings is 1. The Labute approximate surface area is 178 Å². The van der Waals surface area contributed by atoms with Gasteiger partial charge in [-0.05, 0) is 30.3 Å². The average molecular weight is 429 g/mol. The third kappa shape index (κ3) is 5.19. The first-order valence-corrected chi connectivity index (χ1v) is 10.7. The van der Waals surface area contributed by atoms with Gasteiger partial charge in [-0.1, -0.05) is 23.7 Å². The Kier molecular flexibility index (Phi) is 6.17. The van der Waals surface area contributed by atoms with Gasteiger partial charge in [0.15, 0.2) is 0 Å². The number of carbonyl (C=O) groups excluding carboxylic acids is 1. The van der Waals surface area contributed by atoms with Crippen molar-refractivity contribution in [3.8, 4) is 5.75 Å². The van der Waals surface area contributed by atoms with E-state index in [0.717, 1.165) is 29.5 Å². The maximum atomic E-state index is 12.6. The molecule has 3 aromatic rings. The van der Waals surface area contributed by atoms with Gasteiger partial charge < -0.3 is 19.9 Å². The number of halogens is 1. The maximum Gasteiger partial charge on any atom is 0.321 e. The van der Waals surface area contributed by atoms with E-state index in [-0.39, 0.29) is 6.03 Å². The quantitative estimate of drug-likeness (QED) is 0.638. The molecule has 1 saturated heterocycles. The third-order valence-electron chi connectivity index (χ3n) is 4.70. The van der Waals surface area contributed by atoms with Gasteiger partial charge in [0.1, 0.15) is 12.4 Å². The van der Waals surface area contributed by atoms with Crippen molar-refractivity contribution in [3.63, 3.8) is 0 Å². The highest BCUT2D eigenvalue weighted by Crippen LogP contribution is 2.22. The molecule has 0 unspecified atom stereocenters. The van der Waals surface area contributed by atoms with E-state index in [1.54, 1.807) is 5.51 Å². The monoisotopic (exact) mass is 428 g/mol. The molecular formula is C21H21ClN4O2S. The number of nitrogens with one attached hydrogen (secondary N) is 1. The van der Waals surface area contributed by atoms with Gasteiger partial charge >= 0.3 is 6.03 Å². The fourth-order valence-electron chi connectivity index (χ4n) is 3.17. The second kappa shape index (κ2) is 9.15. The highest BCUT2D eigenvalue weighted by Gasteiger charge is 2.21. The van der Waals surface area contributed by atoms with Crippen LogP contribution in [0.5, 0.6) is 5.75 Å². The number of hydrogen-bond donors (Lipinski definition) is 1. The number of thiazole rings is 1. The van der Waals surface area contributed by atoms with Gasteiger partial charge in [-0.3, -0.25) is 0 Å². The third-order valence-corrected chi connectivity index (χ3v) is 5.57. The summed E-state index contributed by atoms with van der Waals surface area (Å²) in [6.45, 7) is 3.25. The van der Waals surface area contributed by atoms with Gasteiger partial charge in [0, 0.05) is 54.0 Å². The Balaban J connectivity index is 1.30. The topological polar surface area (TPSA) is 57.7 Å². The molecule has 29 heavy (non-hydrogen) atoms. The fourth-order valence-corrected chi connectivity index (χ4v) is 3.90. The van der Waals surface area contributed by atoms with E-state index >= 15 is 0 Å². The van der Waals surface area contributed by atoms with Crippen molar-refractivity contribution in [3.05, 3.63) is 70.1 Å². The molecule has 2 aromatic carbocycles. The summed E-state index contributed by atoms with van der Waals surface area (Å²) in [7, 11) is 0. The predicted octanol–water partition coefficient (Wildman–Crippen LogP) is 4.73. The standard InChI is InChI=1S/C21H21ClN4O2S/c22-16-3-1-5-19(11-16)25-7-9-26(10-8-25)21(27)24-17-4-2-6-20(12-17)28-13-18-14-29-15-23-18/h1-6,11-12,14-15H,7-10,13H2,(H,24,27). The molecule has 1 N–H and O–H groups in total. The zero-order valence-corrected chi connectivity index (χ0v) is 17.3. The zero-order valence-electron chi connectivity index (χ0n) is 15.8. The number of aromatic nitrogens is 1. The normalized spacial score (nSPS) is 14.0. The number of rotatable bonds is 5. The van der Waals surface area contributed by atoms with Crippen LogP contribution in [0.4, 0.5) is 16.2 Å². The van der Waals surface area contributed by atoms with Gasteiger partial charge in [0.05, 0.1) is 11.2 Å². The van der Waals surface area contributed by atoms with Crippen LogP contribution in [0, 0.1) is 0 Å². The molecule has 4 rings (SSSR count). The van der Waals surface area contributed by atoms with E-state index in [4.69, 9.17) is 16.3 Å². The van der Waals surface area contributed by atoms with Crippen LogP contribution in [0.25, 0.3) is 0 Å². The Morgan fingerprint density at radius 1 is 1.14 bits per heavy atom. The van der Waals surface area contributed by atoms with Crippen molar-refractivity contribution in [1.82, 2.24) is 9.88 Å². The number of nitrogens with zero attached hydrogens (tertiary/aromatic N) is 3. The fraction of sp³-hybridized carbons (Fsp3) is 0.238. The van der Waals surface area contributed by atoms with Crippen molar-refractivity contribution in [2.24, 2.45) is 0 Å². The maximum absolute atomic E-state index is 12.6. The van der Waals surface area contributed by atoms with Crippen LogP contribution in [-0.2, 0) is 6.61 Å². The Hall–Kier alpha value is -2.77. The Morgan fingerprint density at radius 3 is 2.72 bits per heavy atom. The lowest BCUT2D eigenvalue weighted by Crippen LogP contribution is -2.50. The summed E-state index contributed by atoms with van der Waals surface area (Å²) >= 11 is 7.62. The zero-order chi connectivity index (χ0) is 20.1. The molecule has 0 aliphatic carbocycles. The van der Waals surface area contributed by atoms with Crippen LogP contribution in [0.1, 0.15) is 5.69 Å². The van der Waals surface area contributed by atoms with Crippen LogP contribution in [-0.4, -0.2) is 42.1 Å². The first kappa shape index (κ1) is 19.5. The molecule has 1 aliphatic heterocycles. The summed E-state index contributed by atoms with van der Waals surface area (Å²) in [5.41, 5.74) is 4.47. The number of carbonyl (C=O) groups is 1. The van der Waals surface area contributed by atoms with Crippen LogP contribution in [0.3, 0.4) is 0 Å². The molecule has 1 aromatic heterocycles. The molecule has 0 spiro atoms. The summed E-state index contributed by atoms with van der Waals surface area (Å²) in [6.07, 6.45) is 0. The molecule has 8 heteroatoms. The van der Waals surface area contributed by atoms with Gasteiger partial charge in [0.2, 0.25) is 0 Å². The van der Waals surface area contributed by atoms with Gasteiger partial charge in [-0.2, -0.15) is 0 Å². The highest BCUT2D eigenvalue weighted by molar-refractivity contribution is 7.07. The smallest absolute Gasteiger partial charge is 0.321 e. The highest BCUT2D eigenvalue weighted by atomic mass is 35.5. The van der Waals surface area contributed by atoms with Crippen LogP contribution in [0.2, 0.25) is 5.02 Å². The molecule has 1 aliphatic rings. The SMILES string of the molecule is O=C(Nc1cccc(OCc2cscn2)c1)N1CCN(c2cccc(Cl)c2)CC1. The van der Waals surface area contributed by atoms with Gasteiger partial charge in [-0.25, -0.2) is 9.78 Å². The van der Waals surface area contributed by atoms with Crippen LogP contribution in [0.15, 0.2) is 59.4 Å². The van der Waals surface area contributed by atoms with Crippen molar-refractivity contribution < 1.29 is 9.53 Å². The second-order valence-electron chi connectivity index (χ2n) is 6.68. The van der Waals surface area contributed by atoms with Gasteiger partial charge in [-0.15, -0.1) is 11.3 Å². The largest absolute Gasteiger partial charge is 0.487 e. The molecule has 0 radical (unpaired) electrons. The van der Waals surface area contributed by atoms with Crippen molar-refractivity contribution in [2.45, 2.75) is 6.61 Å². The molecule has 6 nitrogen and oxygen atoms in total. The van der Waals surface area contributed by atoms with E-state index in [1.807, 2.05) is 58.8 Å². The minimum atomic E-state index is -0.104.